The third-order valence-corrected chi connectivity index (χ3v) is 5.05. The molecule has 0 aliphatic heterocycles. The molecule has 29 heavy (non-hydrogen) atoms. The number of para-hydroxylation sites is 1. The first-order valence-corrected chi connectivity index (χ1v) is 10.2. The van der Waals surface area contributed by atoms with Crippen molar-refractivity contribution < 1.29 is 14.3 Å². The standard InChI is InChI=1S/C21H22N4O3S/c1-13-9-10-17(14(2)11-13)25-23-15(3)20(24-25)21(27)28-12-19(26)22-16-7-5-6-8-18(16)29-4/h5-11H,12H2,1-4H3,(H,22,26). The van der Waals surface area contributed by atoms with Crippen molar-refractivity contribution in [2.24, 2.45) is 0 Å². The smallest absolute Gasteiger partial charge is 0.361 e. The minimum atomic E-state index is -0.688. The first-order valence-electron chi connectivity index (χ1n) is 9.00. The van der Waals surface area contributed by atoms with E-state index in [0.29, 0.717) is 11.4 Å². The average Bonchev–Trinajstić information content (AvgIpc) is 3.08. The minimum Gasteiger partial charge on any atom is -0.451 e. The van der Waals surface area contributed by atoms with E-state index in [2.05, 4.69) is 15.5 Å². The van der Waals surface area contributed by atoms with Crippen molar-refractivity contribution in [2.75, 3.05) is 18.2 Å². The second-order valence-electron chi connectivity index (χ2n) is 6.54. The van der Waals surface area contributed by atoms with Crippen molar-refractivity contribution in [1.29, 1.82) is 0 Å². The highest BCUT2D eigenvalue weighted by atomic mass is 32.2. The summed E-state index contributed by atoms with van der Waals surface area (Å²) in [6, 6.07) is 13.3. The van der Waals surface area contributed by atoms with Gasteiger partial charge >= 0.3 is 5.97 Å². The molecule has 0 spiro atoms. The highest BCUT2D eigenvalue weighted by molar-refractivity contribution is 7.98. The summed E-state index contributed by atoms with van der Waals surface area (Å²) < 4.78 is 5.14. The van der Waals surface area contributed by atoms with E-state index in [1.165, 1.54) is 16.6 Å². The Bertz CT molecular complexity index is 1060. The Labute approximate surface area is 173 Å². The fraction of sp³-hybridized carbons (Fsp3) is 0.238. The lowest BCUT2D eigenvalue weighted by Crippen LogP contribution is -2.21. The summed E-state index contributed by atoms with van der Waals surface area (Å²) >= 11 is 1.52. The number of carbonyl (C=O) groups excluding carboxylic acids is 2. The van der Waals surface area contributed by atoms with Gasteiger partial charge in [-0.15, -0.1) is 16.9 Å². The number of aryl methyl sites for hydroxylation is 3. The predicted octanol–water partition coefficient (Wildman–Crippen LogP) is 3.71. The molecule has 3 aromatic rings. The molecule has 0 aliphatic carbocycles. The molecule has 7 nitrogen and oxygen atoms in total. The number of esters is 1. The van der Waals surface area contributed by atoms with Gasteiger partial charge in [0.1, 0.15) is 0 Å². The summed E-state index contributed by atoms with van der Waals surface area (Å²) in [6.07, 6.45) is 1.92. The van der Waals surface area contributed by atoms with Crippen molar-refractivity contribution in [2.45, 2.75) is 25.7 Å². The van der Waals surface area contributed by atoms with Crippen molar-refractivity contribution >= 4 is 29.3 Å². The highest BCUT2D eigenvalue weighted by Gasteiger charge is 2.20. The molecule has 0 radical (unpaired) electrons. The molecule has 2 aromatic carbocycles. The summed E-state index contributed by atoms with van der Waals surface area (Å²) in [4.78, 5) is 26.9. The summed E-state index contributed by atoms with van der Waals surface area (Å²) in [7, 11) is 0. The van der Waals surface area contributed by atoms with E-state index in [0.717, 1.165) is 21.7 Å². The maximum Gasteiger partial charge on any atom is 0.361 e. The van der Waals surface area contributed by atoms with Gasteiger partial charge in [0.05, 0.1) is 17.1 Å². The largest absolute Gasteiger partial charge is 0.451 e. The van der Waals surface area contributed by atoms with E-state index in [1.54, 1.807) is 13.0 Å². The fourth-order valence-electron chi connectivity index (χ4n) is 2.84. The lowest BCUT2D eigenvalue weighted by Gasteiger charge is -2.09. The lowest BCUT2D eigenvalue weighted by molar-refractivity contribution is -0.119. The van der Waals surface area contributed by atoms with Crippen LogP contribution in [0.15, 0.2) is 47.4 Å². The number of benzene rings is 2. The first-order chi connectivity index (χ1) is 13.9. The molecule has 0 saturated carbocycles. The molecule has 0 aliphatic rings. The van der Waals surface area contributed by atoms with E-state index >= 15 is 0 Å². The Morgan fingerprint density at radius 1 is 1.10 bits per heavy atom. The van der Waals surface area contributed by atoms with Gasteiger partial charge in [0.15, 0.2) is 12.3 Å². The molecule has 1 heterocycles. The average molecular weight is 410 g/mol. The number of nitrogens with zero attached hydrogens (tertiary/aromatic N) is 3. The zero-order chi connectivity index (χ0) is 21.0. The van der Waals surface area contributed by atoms with Crippen LogP contribution in [0.25, 0.3) is 5.69 Å². The lowest BCUT2D eigenvalue weighted by atomic mass is 10.1. The van der Waals surface area contributed by atoms with E-state index < -0.39 is 18.5 Å². The van der Waals surface area contributed by atoms with Gasteiger partial charge in [-0.25, -0.2) is 4.79 Å². The van der Waals surface area contributed by atoms with Gasteiger partial charge in [0, 0.05) is 4.90 Å². The number of hydrogen-bond donors (Lipinski definition) is 1. The Balaban J connectivity index is 1.67. The van der Waals surface area contributed by atoms with Crippen LogP contribution >= 0.6 is 11.8 Å². The van der Waals surface area contributed by atoms with Crippen LogP contribution in [0.3, 0.4) is 0 Å². The number of nitrogens with one attached hydrogen (secondary N) is 1. The topological polar surface area (TPSA) is 86.1 Å². The Kier molecular flexibility index (Phi) is 6.33. The quantitative estimate of drug-likeness (QED) is 0.492. The van der Waals surface area contributed by atoms with E-state index in [1.807, 2.05) is 56.5 Å². The van der Waals surface area contributed by atoms with Crippen molar-refractivity contribution in [3.63, 3.8) is 0 Å². The summed E-state index contributed by atoms with van der Waals surface area (Å²) in [6.45, 7) is 5.23. The number of aromatic nitrogens is 3. The SMILES string of the molecule is CSc1ccccc1NC(=O)COC(=O)c1nn(-c2ccc(C)cc2C)nc1C. The highest BCUT2D eigenvalue weighted by Crippen LogP contribution is 2.24. The van der Waals surface area contributed by atoms with Crippen LogP contribution in [0.2, 0.25) is 0 Å². The number of carbonyl (C=O) groups is 2. The van der Waals surface area contributed by atoms with Crippen LogP contribution in [-0.2, 0) is 9.53 Å². The second-order valence-corrected chi connectivity index (χ2v) is 7.39. The van der Waals surface area contributed by atoms with Crippen LogP contribution < -0.4 is 5.32 Å². The normalized spacial score (nSPS) is 10.6. The van der Waals surface area contributed by atoms with Gasteiger partial charge in [-0.3, -0.25) is 4.79 Å². The van der Waals surface area contributed by atoms with E-state index in [4.69, 9.17) is 4.74 Å². The zero-order valence-corrected chi connectivity index (χ0v) is 17.5. The molecule has 8 heteroatoms. The molecule has 0 unspecified atom stereocenters. The van der Waals surface area contributed by atoms with Gasteiger partial charge in [-0.1, -0.05) is 29.8 Å². The third-order valence-electron chi connectivity index (χ3n) is 4.26. The van der Waals surface area contributed by atoms with Crippen LogP contribution in [0.4, 0.5) is 5.69 Å². The Morgan fingerprint density at radius 3 is 2.59 bits per heavy atom. The molecule has 0 atom stereocenters. The summed E-state index contributed by atoms with van der Waals surface area (Å²) in [5.41, 5.74) is 4.10. The molecule has 150 valence electrons. The van der Waals surface area contributed by atoms with Crippen LogP contribution in [0.1, 0.15) is 27.3 Å². The molecule has 0 saturated heterocycles. The molecule has 0 fully saturated rings. The third kappa shape index (κ3) is 4.83. The van der Waals surface area contributed by atoms with Crippen LogP contribution in [0.5, 0.6) is 0 Å². The van der Waals surface area contributed by atoms with Crippen molar-refractivity contribution in [3.8, 4) is 5.69 Å². The number of hydrogen-bond acceptors (Lipinski definition) is 6. The number of thioether (sulfide) groups is 1. The Hall–Kier alpha value is -3.13. The van der Waals surface area contributed by atoms with Crippen LogP contribution in [-0.4, -0.2) is 39.7 Å². The molecular formula is C21H22N4O3S. The summed E-state index contributed by atoms with van der Waals surface area (Å²) in [5.74, 6) is -1.11. The number of anilines is 1. The Morgan fingerprint density at radius 2 is 1.86 bits per heavy atom. The van der Waals surface area contributed by atoms with Gasteiger partial charge in [-0.05, 0) is 50.8 Å². The van der Waals surface area contributed by atoms with E-state index in [-0.39, 0.29) is 5.69 Å². The molecule has 3 rings (SSSR count). The van der Waals surface area contributed by atoms with Gasteiger partial charge in [-0.2, -0.15) is 9.90 Å². The van der Waals surface area contributed by atoms with Crippen molar-refractivity contribution in [1.82, 2.24) is 15.0 Å². The molecule has 1 aromatic heterocycles. The number of rotatable bonds is 6. The zero-order valence-electron chi connectivity index (χ0n) is 16.7. The second kappa shape index (κ2) is 8.91. The molecular weight excluding hydrogens is 388 g/mol. The fourth-order valence-corrected chi connectivity index (χ4v) is 3.39. The number of ether oxygens (including phenoxy) is 1. The van der Waals surface area contributed by atoms with Gasteiger partial charge in [0.25, 0.3) is 5.91 Å². The maximum absolute atomic E-state index is 12.4. The van der Waals surface area contributed by atoms with Gasteiger partial charge < -0.3 is 10.1 Å². The summed E-state index contributed by atoms with van der Waals surface area (Å²) in [5, 5.41) is 11.3. The molecule has 1 N–H and O–H groups in total. The van der Waals surface area contributed by atoms with Gasteiger partial charge in [0.2, 0.25) is 0 Å². The molecule has 0 bridgehead atoms. The predicted molar refractivity (Wildman–Crippen MR) is 113 cm³/mol. The minimum absolute atomic E-state index is 0.0855. The molecule has 1 amide bonds. The van der Waals surface area contributed by atoms with Crippen LogP contribution in [0, 0.1) is 20.8 Å². The first kappa shape index (κ1) is 20.6. The van der Waals surface area contributed by atoms with E-state index in [9.17, 15) is 9.59 Å². The van der Waals surface area contributed by atoms with Crippen molar-refractivity contribution in [3.05, 3.63) is 65.0 Å². The monoisotopic (exact) mass is 410 g/mol. The number of amides is 1. The maximum atomic E-state index is 12.4.